The molecule has 3 N–H and O–H groups in total. The molecule has 0 atom stereocenters. The first kappa shape index (κ1) is 12.1. The number of thioether (sulfide) groups is 1. The monoisotopic (exact) mass is 226 g/mol. The lowest BCUT2D eigenvalue weighted by Gasteiger charge is -2.22. The molecule has 15 heavy (non-hydrogen) atoms. The minimum Gasteiger partial charge on any atom is -0.387 e. The third-order valence-electron chi connectivity index (χ3n) is 2.41. The van der Waals surface area contributed by atoms with Crippen molar-refractivity contribution < 1.29 is 0 Å². The van der Waals surface area contributed by atoms with E-state index in [1.165, 1.54) is 0 Å². The van der Waals surface area contributed by atoms with Crippen LogP contribution in [0.1, 0.15) is 20.3 Å². The van der Waals surface area contributed by atoms with Crippen LogP contribution in [0.3, 0.4) is 0 Å². The lowest BCUT2D eigenvalue weighted by atomic mass is 9.89. The quantitative estimate of drug-likeness (QED) is 0.457. The lowest BCUT2D eigenvalue weighted by Crippen LogP contribution is -2.31. The molecule has 0 fully saturated rings. The number of aromatic nitrogens is 2. The molecule has 0 spiro atoms. The maximum Gasteiger partial charge on any atom is 0.0963 e. The van der Waals surface area contributed by atoms with Crippen molar-refractivity contribution in [3.05, 3.63) is 12.4 Å². The van der Waals surface area contributed by atoms with E-state index in [0.29, 0.717) is 0 Å². The molecule has 0 saturated heterocycles. The Bertz CT molecular complexity index is 343. The number of aryl methyl sites for hydroxylation is 1. The van der Waals surface area contributed by atoms with Gasteiger partial charge in [0.1, 0.15) is 0 Å². The van der Waals surface area contributed by atoms with E-state index in [1.807, 2.05) is 33.3 Å². The maximum atomic E-state index is 7.44. The van der Waals surface area contributed by atoms with E-state index in [1.54, 1.807) is 16.4 Å². The van der Waals surface area contributed by atoms with Gasteiger partial charge in [0, 0.05) is 23.6 Å². The van der Waals surface area contributed by atoms with Crippen LogP contribution in [0.4, 0.5) is 0 Å². The Kier molecular flexibility index (Phi) is 3.79. The topological polar surface area (TPSA) is 67.7 Å². The average molecular weight is 226 g/mol. The molecule has 0 unspecified atom stereocenters. The smallest absolute Gasteiger partial charge is 0.0963 e. The molecular formula is C10H18N4S. The van der Waals surface area contributed by atoms with Crippen molar-refractivity contribution in [1.29, 1.82) is 5.41 Å². The highest BCUT2D eigenvalue weighted by atomic mass is 32.2. The second kappa shape index (κ2) is 4.70. The first-order chi connectivity index (χ1) is 6.92. The molecule has 0 aliphatic carbocycles. The summed E-state index contributed by atoms with van der Waals surface area (Å²) < 4.78 is 1.79. The summed E-state index contributed by atoms with van der Waals surface area (Å²) in [6.45, 7) is 4.00. The van der Waals surface area contributed by atoms with Crippen LogP contribution < -0.4 is 5.73 Å². The van der Waals surface area contributed by atoms with Gasteiger partial charge in [0.15, 0.2) is 0 Å². The van der Waals surface area contributed by atoms with Crippen molar-refractivity contribution in [3.8, 4) is 0 Å². The van der Waals surface area contributed by atoms with Gasteiger partial charge in [0.05, 0.1) is 12.0 Å². The molecule has 4 nitrogen and oxygen atoms in total. The number of rotatable bonds is 5. The molecule has 84 valence electrons. The Morgan fingerprint density at radius 3 is 2.80 bits per heavy atom. The van der Waals surface area contributed by atoms with Gasteiger partial charge < -0.3 is 5.73 Å². The van der Waals surface area contributed by atoms with Crippen LogP contribution in [0, 0.1) is 10.8 Å². The molecular weight excluding hydrogens is 208 g/mol. The summed E-state index contributed by atoms with van der Waals surface area (Å²) in [5.41, 5.74) is 5.31. The van der Waals surface area contributed by atoms with Crippen molar-refractivity contribution in [3.63, 3.8) is 0 Å². The molecule has 1 aromatic heterocycles. The molecule has 1 rings (SSSR count). The second-order valence-electron chi connectivity index (χ2n) is 4.25. The van der Waals surface area contributed by atoms with Crippen LogP contribution in [0.15, 0.2) is 17.3 Å². The van der Waals surface area contributed by atoms with Gasteiger partial charge in [-0.1, -0.05) is 13.8 Å². The zero-order chi connectivity index (χ0) is 11.5. The van der Waals surface area contributed by atoms with Gasteiger partial charge >= 0.3 is 0 Å². The van der Waals surface area contributed by atoms with Gasteiger partial charge in [-0.3, -0.25) is 10.1 Å². The average Bonchev–Trinajstić information content (AvgIpc) is 2.51. The number of nitrogens with two attached hydrogens (primary N) is 1. The number of amidine groups is 1. The molecule has 0 aromatic carbocycles. The van der Waals surface area contributed by atoms with Gasteiger partial charge in [0.2, 0.25) is 0 Å². The molecule has 0 bridgehead atoms. The lowest BCUT2D eigenvalue weighted by molar-refractivity contribution is 0.500. The Labute approximate surface area is 94.7 Å². The van der Waals surface area contributed by atoms with E-state index in [4.69, 9.17) is 11.1 Å². The predicted molar refractivity (Wildman–Crippen MR) is 64.2 cm³/mol. The summed E-state index contributed by atoms with van der Waals surface area (Å²) in [6.07, 6.45) is 4.75. The molecule has 5 heteroatoms. The normalized spacial score (nSPS) is 11.7. The number of hydrogen-bond donors (Lipinski definition) is 2. The van der Waals surface area contributed by atoms with Gasteiger partial charge in [-0.15, -0.1) is 11.8 Å². The van der Waals surface area contributed by atoms with Crippen LogP contribution >= 0.6 is 11.8 Å². The zero-order valence-electron chi connectivity index (χ0n) is 9.45. The first-order valence-corrected chi connectivity index (χ1v) is 5.86. The summed E-state index contributed by atoms with van der Waals surface area (Å²) in [5.74, 6) is 1.22. The highest BCUT2D eigenvalue weighted by molar-refractivity contribution is 7.99. The first-order valence-electron chi connectivity index (χ1n) is 4.88. The minimum absolute atomic E-state index is 0.199. The Morgan fingerprint density at radius 1 is 1.67 bits per heavy atom. The highest BCUT2D eigenvalue weighted by Crippen LogP contribution is 2.25. The van der Waals surface area contributed by atoms with E-state index in [2.05, 4.69) is 5.10 Å². The number of nitrogens with zero attached hydrogens (tertiary/aromatic N) is 2. The van der Waals surface area contributed by atoms with Crippen molar-refractivity contribution in [2.45, 2.75) is 25.2 Å². The zero-order valence-corrected chi connectivity index (χ0v) is 10.3. The predicted octanol–water partition coefficient (Wildman–Crippen LogP) is 1.86. The maximum absolute atomic E-state index is 7.44. The van der Waals surface area contributed by atoms with Crippen LogP contribution in [-0.2, 0) is 7.05 Å². The fourth-order valence-electron chi connectivity index (χ4n) is 1.03. The third-order valence-corrected chi connectivity index (χ3v) is 3.36. The highest BCUT2D eigenvalue weighted by Gasteiger charge is 2.20. The third kappa shape index (κ3) is 3.58. The summed E-state index contributed by atoms with van der Waals surface area (Å²) in [5, 5.41) is 11.5. The summed E-state index contributed by atoms with van der Waals surface area (Å²) >= 11 is 1.75. The van der Waals surface area contributed by atoms with Crippen LogP contribution in [0.25, 0.3) is 0 Å². The molecule has 0 aliphatic heterocycles. The fourth-order valence-corrected chi connectivity index (χ4v) is 2.23. The van der Waals surface area contributed by atoms with Crippen molar-refractivity contribution in [2.24, 2.45) is 18.2 Å². The molecule has 1 aromatic rings. The second-order valence-corrected chi connectivity index (χ2v) is 5.41. The van der Waals surface area contributed by atoms with Crippen LogP contribution in [0.5, 0.6) is 0 Å². The molecule has 0 amide bonds. The van der Waals surface area contributed by atoms with Crippen molar-refractivity contribution in [1.82, 2.24) is 9.78 Å². The van der Waals surface area contributed by atoms with Crippen LogP contribution in [-0.4, -0.2) is 21.4 Å². The number of nitrogens with one attached hydrogen (secondary N) is 1. The van der Waals surface area contributed by atoms with Crippen LogP contribution in [0.2, 0.25) is 0 Å². The fraction of sp³-hybridized carbons (Fsp3) is 0.600. The largest absolute Gasteiger partial charge is 0.387 e. The van der Waals surface area contributed by atoms with Gasteiger partial charge in [0.25, 0.3) is 0 Å². The molecule has 1 heterocycles. The van der Waals surface area contributed by atoms with E-state index < -0.39 is 0 Å². The summed E-state index contributed by atoms with van der Waals surface area (Å²) in [4.78, 5) is 1.16. The van der Waals surface area contributed by atoms with Gasteiger partial charge in [-0.25, -0.2) is 0 Å². The molecule has 0 aliphatic rings. The SMILES string of the molecule is Cn1cc(SCCC(C)(C)C(=N)N)cn1. The standard InChI is InChI=1S/C10H18N4S/c1-10(2,9(11)12)4-5-15-8-6-13-14(3)7-8/h6-7H,4-5H2,1-3H3,(H3,11,12). The Hall–Kier alpha value is -0.970. The van der Waals surface area contributed by atoms with Gasteiger partial charge in [-0.2, -0.15) is 5.10 Å². The molecule has 0 saturated carbocycles. The number of hydrogen-bond acceptors (Lipinski definition) is 3. The van der Waals surface area contributed by atoms with E-state index in [0.717, 1.165) is 17.1 Å². The summed E-state index contributed by atoms with van der Waals surface area (Å²) in [6, 6.07) is 0. The minimum atomic E-state index is -0.199. The Morgan fingerprint density at radius 2 is 2.33 bits per heavy atom. The molecule has 0 radical (unpaired) electrons. The Balaban J connectivity index is 2.36. The van der Waals surface area contributed by atoms with Crippen molar-refractivity contribution >= 4 is 17.6 Å². The van der Waals surface area contributed by atoms with Gasteiger partial charge in [-0.05, 0) is 12.2 Å². The van der Waals surface area contributed by atoms with E-state index >= 15 is 0 Å². The van der Waals surface area contributed by atoms with E-state index in [-0.39, 0.29) is 11.3 Å². The summed E-state index contributed by atoms with van der Waals surface area (Å²) in [7, 11) is 1.91. The van der Waals surface area contributed by atoms with Crippen molar-refractivity contribution in [2.75, 3.05) is 5.75 Å². The van der Waals surface area contributed by atoms with E-state index in [9.17, 15) is 0 Å².